The highest BCUT2D eigenvalue weighted by Crippen LogP contribution is 2.43. The van der Waals surface area contributed by atoms with Crippen LogP contribution in [0.1, 0.15) is 91.3 Å². The Labute approximate surface area is 248 Å². The van der Waals surface area contributed by atoms with Gasteiger partial charge in [0.15, 0.2) is 8.32 Å². The van der Waals surface area contributed by atoms with Crippen molar-refractivity contribution in [2.75, 3.05) is 6.61 Å². The molecule has 7 heteroatoms. The number of rotatable bonds is 8. The first kappa shape index (κ1) is 32.6. The zero-order chi connectivity index (χ0) is 30.8. The molecule has 2 aromatic rings. The first-order valence-electron chi connectivity index (χ1n) is 14.6. The summed E-state index contributed by atoms with van der Waals surface area (Å²) in [7, 11) is -2.16. The summed E-state index contributed by atoms with van der Waals surface area (Å²) in [5, 5.41) is -0.0105. The highest BCUT2D eigenvalue weighted by molar-refractivity contribution is 6.74. The Hall–Kier alpha value is -2.90. The lowest BCUT2D eigenvalue weighted by atomic mass is 9.85. The van der Waals surface area contributed by atoms with Crippen LogP contribution in [0.25, 0.3) is 5.57 Å². The van der Waals surface area contributed by atoms with Crippen LogP contribution in [0, 0.1) is 0 Å². The maximum atomic E-state index is 13.5. The largest absolute Gasteiger partial charge is 0.489 e. The molecule has 6 nitrogen and oxygen atoms in total. The molecule has 1 fully saturated rings. The number of carbonyl (C=O) groups excluding carboxylic acids is 2. The molecular weight excluding hydrogens is 530 g/mol. The molecule has 0 unspecified atom stereocenters. The minimum absolute atomic E-state index is 0.0105. The molecule has 1 aliphatic rings. The van der Waals surface area contributed by atoms with Crippen molar-refractivity contribution in [3.63, 3.8) is 0 Å². The molecule has 2 amide bonds. The van der Waals surface area contributed by atoms with Gasteiger partial charge in [-0.05, 0) is 94.1 Å². The van der Waals surface area contributed by atoms with Crippen molar-refractivity contribution in [3.8, 4) is 5.75 Å². The van der Waals surface area contributed by atoms with Crippen LogP contribution in [-0.2, 0) is 20.6 Å². The summed E-state index contributed by atoms with van der Waals surface area (Å²) in [6.07, 6.45) is -0.407. The van der Waals surface area contributed by atoms with Crippen molar-refractivity contribution in [2.45, 2.75) is 111 Å². The molecule has 41 heavy (non-hydrogen) atoms. The zero-order valence-corrected chi connectivity index (χ0v) is 27.9. The number of likely N-dealkylation sites (tertiary alicyclic amines) is 1. The van der Waals surface area contributed by atoms with E-state index < -0.39 is 26.1 Å². The Morgan fingerprint density at radius 1 is 0.976 bits per heavy atom. The second-order valence-electron chi connectivity index (χ2n) is 13.8. The summed E-state index contributed by atoms with van der Waals surface area (Å²) >= 11 is 0. The lowest BCUT2D eigenvalue weighted by Gasteiger charge is -2.38. The Morgan fingerprint density at radius 2 is 1.61 bits per heavy atom. The molecule has 0 saturated carbocycles. The first-order chi connectivity index (χ1) is 18.9. The summed E-state index contributed by atoms with van der Waals surface area (Å²) in [5.74, 6) is 0.279. The highest BCUT2D eigenvalue weighted by Gasteiger charge is 2.48. The van der Waals surface area contributed by atoms with E-state index in [2.05, 4.69) is 66.8 Å². The van der Waals surface area contributed by atoms with Crippen LogP contribution in [-0.4, -0.2) is 43.5 Å². The van der Waals surface area contributed by atoms with E-state index >= 15 is 0 Å². The highest BCUT2D eigenvalue weighted by atomic mass is 28.4. The molecule has 0 N–H and O–H groups in total. The molecule has 1 aliphatic heterocycles. The molecule has 2 atom stereocenters. The molecule has 3 rings (SSSR count). The summed E-state index contributed by atoms with van der Waals surface area (Å²) in [4.78, 5) is 28.2. The topological polar surface area (TPSA) is 65.1 Å². The van der Waals surface area contributed by atoms with Crippen molar-refractivity contribution < 1.29 is 23.5 Å². The molecule has 224 valence electrons. The Bertz CT molecular complexity index is 1270. The van der Waals surface area contributed by atoms with Crippen molar-refractivity contribution in [2.24, 2.45) is 0 Å². The van der Waals surface area contributed by atoms with Gasteiger partial charge in [0.1, 0.15) is 18.0 Å². The standard InChI is InChI=1S/C34H49NO5Si/c1-23(2)24(3)28-19-26(38-21-25-15-13-12-14-16-25)17-18-27(28)29-20-31(36)35(32(37)40-33(4,5)6)30(29)22-39-41(10,11)34(7,8)9/h12-19,29-30H,20-22H2,1-11H3/t29-,30-/m1/s1. The van der Waals surface area contributed by atoms with E-state index in [1.54, 1.807) is 0 Å². The van der Waals surface area contributed by atoms with Gasteiger partial charge in [-0.1, -0.05) is 62.7 Å². The minimum Gasteiger partial charge on any atom is -0.489 e. The van der Waals surface area contributed by atoms with Crippen LogP contribution in [0.15, 0.2) is 54.1 Å². The van der Waals surface area contributed by atoms with Gasteiger partial charge in [0.05, 0.1) is 12.6 Å². The van der Waals surface area contributed by atoms with Crippen LogP contribution >= 0.6 is 0 Å². The third kappa shape index (κ3) is 8.10. The van der Waals surface area contributed by atoms with Crippen LogP contribution in [0.4, 0.5) is 4.79 Å². The molecular formula is C34H49NO5Si. The van der Waals surface area contributed by atoms with Crippen molar-refractivity contribution in [3.05, 3.63) is 70.8 Å². The third-order valence-electron chi connectivity index (χ3n) is 8.30. The Morgan fingerprint density at radius 3 is 2.17 bits per heavy atom. The smallest absolute Gasteiger partial charge is 0.417 e. The number of nitrogens with zero attached hydrogens (tertiary/aromatic N) is 1. The first-order valence-corrected chi connectivity index (χ1v) is 17.5. The van der Waals surface area contributed by atoms with Crippen LogP contribution in [0.5, 0.6) is 5.75 Å². The fourth-order valence-corrected chi connectivity index (χ4v) is 5.66. The van der Waals surface area contributed by atoms with Gasteiger partial charge >= 0.3 is 6.09 Å². The summed E-state index contributed by atoms with van der Waals surface area (Å²) in [5.41, 5.74) is 4.71. The maximum absolute atomic E-state index is 13.5. The molecule has 0 aliphatic carbocycles. The SMILES string of the molecule is CC(C)=C(C)c1cc(OCc2ccccc2)ccc1[C@H]1CC(=O)N(C(=O)OC(C)(C)C)[C@@H]1CO[Si](C)(C)C(C)(C)C. The number of amides is 2. The lowest BCUT2D eigenvalue weighted by molar-refractivity contribution is -0.128. The van der Waals surface area contributed by atoms with Gasteiger partial charge in [-0.2, -0.15) is 0 Å². The van der Waals surface area contributed by atoms with E-state index in [0.29, 0.717) is 6.61 Å². The summed E-state index contributed by atoms with van der Waals surface area (Å²) < 4.78 is 18.5. The van der Waals surface area contributed by atoms with Gasteiger partial charge in [0.25, 0.3) is 0 Å². The van der Waals surface area contributed by atoms with Crippen LogP contribution in [0.2, 0.25) is 18.1 Å². The summed E-state index contributed by atoms with van der Waals surface area (Å²) in [6, 6.07) is 15.7. The average Bonchev–Trinajstić information content (AvgIpc) is 3.20. The number of hydrogen-bond acceptors (Lipinski definition) is 5. The zero-order valence-electron chi connectivity index (χ0n) is 26.9. The molecule has 1 saturated heterocycles. The quantitative estimate of drug-likeness (QED) is 0.293. The van der Waals surface area contributed by atoms with Gasteiger partial charge in [-0.25, -0.2) is 9.69 Å². The Kier molecular flexibility index (Phi) is 9.97. The second kappa shape index (κ2) is 12.5. The van der Waals surface area contributed by atoms with Gasteiger partial charge in [0.2, 0.25) is 5.91 Å². The van der Waals surface area contributed by atoms with Gasteiger partial charge in [0, 0.05) is 12.3 Å². The molecule has 2 aromatic carbocycles. The monoisotopic (exact) mass is 579 g/mol. The van der Waals surface area contributed by atoms with Gasteiger partial charge in [-0.3, -0.25) is 4.79 Å². The average molecular weight is 580 g/mol. The summed E-state index contributed by atoms with van der Waals surface area (Å²) in [6.45, 7) is 23.4. The minimum atomic E-state index is -2.16. The molecule has 0 spiro atoms. The van der Waals surface area contributed by atoms with Crippen molar-refractivity contribution >= 4 is 25.9 Å². The van der Waals surface area contributed by atoms with Gasteiger partial charge in [-0.15, -0.1) is 0 Å². The fraction of sp³-hybridized carbons (Fsp3) is 0.529. The lowest BCUT2D eigenvalue weighted by Crippen LogP contribution is -2.49. The van der Waals surface area contributed by atoms with E-state index in [1.807, 2.05) is 57.2 Å². The van der Waals surface area contributed by atoms with E-state index in [0.717, 1.165) is 28.0 Å². The van der Waals surface area contributed by atoms with E-state index in [9.17, 15) is 9.59 Å². The Balaban J connectivity index is 2.04. The van der Waals surface area contributed by atoms with Gasteiger partial charge < -0.3 is 13.9 Å². The third-order valence-corrected chi connectivity index (χ3v) is 12.8. The number of ether oxygens (including phenoxy) is 2. The molecule has 0 aromatic heterocycles. The van der Waals surface area contributed by atoms with E-state index in [-0.39, 0.29) is 29.9 Å². The normalized spacial score (nSPS) is 17.9. The molecule has 0 bridgehead atoms. The number of carbonyl (C=O) groups is 2. The van der Waals surface area contributed by atoms with Crippen LogP contribution < -0.4 is 4.74 Å². The van der Waals surface area contributed by atoms with Crippen LogP contribution in [0.3, 0.4) is 0 Å². The maximum Gasteiger partial charge on any atom is 0.417 e. The molecule has 1 heterocycles. The number of hydrogen-bond donors (Lipinski definition) is 0. The molecule has 0 radical (unpaired) electrons. The van der Waals surface area contributed by atoms with Crippen molar-refractivity contribution in [1.29, 1.82) is 0 Å². The van der Waals surface area contributed by atoms with E-state index in [1.165, 1.54) is 10.5 Å². The fourth-order valence-electron chi connectivity index (χ4n) is 4.64. The predicted octanol–water partition coefficient (Wildman–Crippen LogP) is 8.72. The number of benzene rings is 2. The van der Waals surface area contributed by atoms with E-state index in [4.69, 9.17) is 13.9 Å². The number of allylic oxidation sites excluding steroid dienone is 2. The predicted molar refractivity (Wildman–Crippen MR) is 169 cm³/mol. The second-order valence-corrected chi connectivity index (χ2v) is 18.7. The number of imide groups is 1. The van der Waals surface area contributed by atoms with Crippen molar-refractivity contribution in [1.82, 2.24) is 4.90 Å².